The summed E-state index contributed by atoms with van der Waals surface area (Å²) in [4.78, 5) is 9.40. The molecule has 2 aliphatic rings. The van der Waals surface area contributed by atoms with Gasteiger partial charge in [-0.15, -0.1) is 24.0 Å². The van der Waals surface area contributed by atoms with Crippen LogP contribution in [-0.2, 0) is 7.05 Å². The van der Waals surface area contributed by atoms with E-state index in [0.717, 1.165) is 19.0 Å². The van der Waals surface area contributed by atoms with Crippen LogP contribution in [-0.4, -0.2) is 66.3 Å². The first-order valence-corrected chi connectivity index (χ1v) is 10.6. The Hall–Kier alpha value is -0.830. The average Bonchev–Trinajstić information content (AvgIpc) is 2.95. The number of nitrogens with one attached hydrogen (secondary N) is 1. The third-order valence-electron chi connectivity index (χ3n) is 6.52. The van der Waals surface area contributed by atoms with E-state index in [4.69, 9.17) is 0 Å². The van der Waals surface area contributed by atoms with Gasteiger partial charge in [-0.1, -0.05) is 25.7 Å². The Balaban J connectivity index is 0.00000280. The van der Waals surface area contributed by atoms with Gasteiger partial charge in [0.05, 0.1) is 12.2 Å². The highest BCUT2D eigenvalue weighted by Gasteiger charge is 2.36. The zero-order chi connectivity index (χ0) is 19.3. The van der Waals surface area contributed by atoms with E-state index in [1.54, 1.807) is 0 Å². The Morgan fingerprint density at radius 1 is 1.21 bits per heavy atom. The summed E-state index contributed by atoms with van der Waals surface area (Å²) in [5, 5.41) is 8.01. The van der Waals surface area contributed by atoms with Crippen LogP contribution in [0.5, 0.6) is 0 Å². The van der Waals surface area contributed by atoms with E-state index in [1.807, 2.05) is 25.0 Å². The Morgan fingerprint density at radius 3 is 2.46 bits per heavy atom. The summed E-state index contributed by atoms with van der Waals surface area (Å²) in [5.41, 5.74) is 1.76. The summed E-state index contributed by atoms with van der Waals surface area (Å²) in [6, 6.07) is 0.284. The highest BCUT2D eigenvalue weighted by atomic mass is 127. The molecule has 2 heterocycles. The Kier molecular flexibility index (Phi) is 9.05. The summed E-state index contributed by atoms with van der Waals surface area (Å²) < 4.78 is 1.88. The van der Waals surface area contributed by atoms with Crippen molar-refractivity contribution in [3.05, 3.63) is 18.0 Å². The van der Waals surface area contributed by atoms with Crippen molar-refractivity contribution >= 4 is 29.9 Å². The van der Waals surface area contributed by atoms with E-state index in [-0.39, 0.29) is 30.0 Å². The largest absolute Gasteiger partial charge is 0.354 e. The SMILES string of the molecule is CN=C(NCC(c1cnn(C)c1)N(C)C)N1CCCC2(CCCCCC2)C1.I. The molecule has 1 aliphatic heterocycles. The molecule has 6 nitrogen and oxygen atoms in total. The van der Waals surface area contributed by atoms with Crippen LogP contribution >= 0.6 is 24.0 Å². The zero-order valence-corrected chi connectivity index (χ0v) is 20.5. The van der Waals surface area contributed by atoms with E-state index in [2.05, 4.69) is 45.5 Å². The molecular formula is C21H39IN6. The minimum Gasteiger partial charge on any atom is -0.354 e. The molecule has 1 atom stereocenters. The maximum Gasteiger partial charge on any atom is 0.193 e. The molecule has 160 valence electrons. The molecule has 1 aromatic heterocycles. The summed E-state index contributed by atoms with van der Waals surface area (Å²) in [5.74, 6) is 1.06. The number of aromatic nitrogens is 2. The maximum atomic E-state index is 4.64. The van der Waals surface area contributed by atoms with Gasteiger partial charge in [-0.05, 0) is 45.2 Å². The number of hydrogen-bond acceptors (Lipinski definition) is 3. The highest BCUT2D eigenvalue weighted by Crippen LogP contribution is 2.42. The summed E-state index contributed by atoms with van der Waals surface area (Å²) in [6.07, 6.45) is 15.2. The molecule has 1 N–H and O–H groups in total. The number of nitrogens with zero attached hydrogens (tertiary/aromatic N) is 5. The van der Waals surface area contributed by atoms with Gasteiger partial charge in [-0.2, -0.15) is 5.10 Å². The van der Waals surface area contributed by atoms with Crippen LogP contribution in [0.4, 0.5) is 0 Å². The Bertz CT molecular complexity index is 618. The second-order valence-electron chi connectivity index (χ2n) is 8.79. The fraction of sp³-hybridized carbons (Fsp3) is 0.810. The van der Waals surface area contributed by atoms with Crippen molar-refractivity contribution in [1.29, 1.82) is 0 Å². The molecule has 28 heavy (non-hydrogen) atoms. The monoisotopic (exact) mass is 502 g/mol. The molecule has 1 aromatic rings. The number of likely N-dealkylation sites (N-methyl/N-ethyl adjacent to an activating group) is 1. The number of rotatable bonds is 4. The molecule has 1 saturated heterocycles. The van der Waals surface area contributed by atoms with Crippen LogP contribution in [0.15, 0.2) is 17.4 Å². The first-order chi connectivity index (χ1) is 13.0. The highest BCUT2D eigenvalue weighted by molar-refractivity contribution is 14.0. The van der Waals surface area contributed by atoms with Crippen molar-refractivity contribution in [2.45, 2.75) is 57.4 Å². The molecule has 1 aliphatic carbocycles. The predicted molar refractivity (Wildman–Crippen MR) is 127 cm³/mol. The standard InChI is InChI=1S/C21H38N6.HI/c1-22-20(23-15-19(25(2)3)18-14-24-26(4)16-18)27-13-9-12-21(17-27)10-7-5-6-8-11-21;/h14,16,19H,5-13,15,17H2,1-4H3,(H,22,23);1H. The number of halogens is 1. The predicted octanol–water partition coefficient (Wildman–Crippen LogP) is 3.65. The van der Waals surface area contributed by atoms with Crippen LogP contribution in [0.25, 0.3) is 0 Å². The summed E-state index contributed by atoms with van der Waals surface area (Å²) in [7, 11) is 8.15. The van der Waals surface area contributed by atoms with Crippen molar-refractivity contribution in [3.8, 4) is 0 Å². The van der Waals surface area contributed by atoms with E-state index in [1.165, 1.54) is 63.5 Å². The Labute approximate surface area is 188 Å². The lowest BCUT2D eigenvalue weighted by Gasteiger charge is -2.44. The summed E-state index contributed by atoms with van der Waals surface area (Å²) >= 11 is 0. The molecule has 0 amide bonds. The second kappa shape index (κ2) is 10.8. The van der Waals surface area contributed by atoms with E-state index >= 15 is 0 Å². The number of guanidine groups is 1. The molecular weight excluding hydrogens is 463 g/mol. The third-order valence-corrected chi connectivity index (χ3v) is 6.52. The minimum absolute atomic E-state index is 0. The van der Waals surface area contributed by atoms with Gasteiger partial charge in [-0.25, -0.2) is 0 Å². The number of hydrogen-bond donors (Lipinski definition) is 1. The van der Waals surface area contributed by atoms with Gasteiger partial charge < -0.3 is 15.1 Å². The van der Waals surface area contributed by atoms with Crippen LogP contribution < -0.4 is 5.32 Å². The molecule has 0 bridgehead atoms. The molecule has 0 radical (unpaired) electrons. The van der Waals surface area contributed by atoms with Crippen molar-refractivity contribution in [3.63, 3.8) is 0 Å². The molecule has 0 aromatic carbocycles. The van der Waals surface area contributed by atoms with Crippen molar-refractivity contribution in [2.24, 2.45) is 17.5 Å². The summed E-state index contributed by atoms with van der Waals surface area (Å²) in [6.45, 7) is 3.14. The molecule has 1 spiro atoms. The van der Waals surface area contributed by atoms with Crippen molar-refractivity contribution in [2.75, 3.05) is 40.8 Å². The van der Waals surface area contributed by atoms with Crippen LogP contribution in [0, 0.1) is 5.41 Å². The van der Waals surface area contributed by atoms with Gasteiger partial charge >= 0.3 is 0 Å². The first-order valence-electron chi connectivity index (χ1n) is 10.6. The lowest BCUT2D eigenvalue weighted by atomic mass is 9.74. The van der Waals surface area contributed by atoms with Crippen LogP contribution in [0.3, 0.4) is 0 Å². The topological polar surface area (TPSA) is 48.7 Å². The number of aliphatic imine (C=N–C) groups is 1. The van der Waals surface area contributed by atoms with Gasteiger partial charge in [0, 0.05) is 45.5 Å². The van der Waals surface area contributed by atoms with Gasteiger partial charge in [-0.3, -0.25) is 9.67 Å². The van der Waals surface area contributed by atoms with E-state index in [0.29, 0.717) is 5.41 Å². The normalized spacial score (nSPS) is 21.3. The third kappa shape index (κ3) is 5.84. The molecule has 7 heteroatoms. The fourth-order valence-electron chi connectivity index (χ4n) is 5.01. The van der Waals surface area contributed by atoms with E-state index < -0.39 is 0 Å². The molecule has 1 unspecified atom stereocenters. The average molecular weight is 502 g/mol. The Morgan fingerprint density at radius 2 is 1.89 bits per heavy atom. The van der Waals surface area contributed by atoms with Gasteiger partial charge in [0.2, 0.25) is 0 Å². The fourth-order valence-corrected chi connectivity index (χ4v) is 5.01. The number of piperidine rings is 1. The van der Waals surface area contributed by atoms with Crippen LogP contribution in [0.1, 0.15) is 63.0 Å². The van der Waals surface area contributed by atoms with Gasteiger partial charge in [0.25, 0.3) is 0 Å². The lowest BCUT2D eigenvalue weighted by Crippen LogP contribution is -2.51. The molecule has 3 rings (SSSR count). The van der Waals surface area contributed by atoms with E-state index in [9.17, 15) is 0 Å². The maximum absolute atomic E-state index is 4.64. The zero-order valence-electron chi connectivity index (χ0n) is 18.2. The second-order valence-corrected chi connectivity index (χ2v) is 8.79. The van der Waals surface area contributed by atoms with Crippen LogP contribution in [0.2, 0.25) is 0 Å². The molecule has 1 saturated carbocycles. The first kappa shape index (κ1) is 23.4. The molecule has 2 fully saturated rings. The quantitative estimate of drug-likeness (QED) is 0.388. The lowest BCUT2D eigenvalue weighted by molar-refractivity contribution is 0.115. The number of aryl methyl sites for hydroxylation is 1. The van der Waals surface area contributed by atoms with Gasteiger partial charge in [0.15, 0.2) is 5.96 Å². The minimum atomic E-state index is 0. The number of likely N-dealkylation sites (tertiary alicyclic amines) is 1. The van der Waals surface area contributed by atoms with Crippen molar-refractivity contribution in [1.82, 2.24) is 24.9 Å². The van der Waals surface area contributed by atoms with Gasteiger partial charge in [0.1, 0.15) is 0 Å². The smallest absolute Gasteiger partial charge is 0.193 e. The van der Waals surface area contributed by atoms with Crippen molar-refractivity contribution < 1.29 is 0 Å².